The van der Waals surface area contributed by atoms with Gasteiger partial charge < -0.3 is 14.5 Å². The van der Waals surface area contributed by atoms with E-state index >= 15 is 0 Å². The molecule has 0 aliphatic heterocycles. The van der Waals surface area contributed by atoms with Gasteiger partial charge in [0.05, 0.1) is 23.4 Å². The maximum atomic E-state index is 12.3. The van der Waals surface area contributed by atoms with Gasteiger partial charge in [0.25, 0.3) is 0 Å². The normalized spacial score (nSPS) is 10.7. The second-order valence-corrected chi connectivity index (χ2v) is 6.33. The minimum Gasteiger partial charge on any atom is -0.465 e. The zero-order chi connectivity index (χ0) is 17.7. The number of nitrogens with one attached hydrogen (secondary N) is 1. The number of aryl methyl sites for hydroxylation is 2. The van der Waals surface area contributed by atoms with Gasteiger partial charge >= 0.3 is 11.9 Å². The van der Waals surface area contributed by atoms with E-state index < -0.39 is 11.9 Å². The first-order valence-electron chi connectivity index (χ1n) is 7.91. The minimum atomic E-state index is -0.498. The van der Waals surface area contributed by atoms with Gasteiger partial charge in [0.1, 0.15) is 12.3 Å². The maximum absolute atomic E-state index is 12.3. The monoisotopic (exact) mass is 350 g/mol. The molecule has 1 N–H and O–H groups in total. The second kappa shape index (κ2) is 8.10. The molecule has 2 heterocycles. The Balaban J connectivity index is 2.11. The smallest absolute Gasteiger partial charge is 0.355 e. The third-order valence-corrected chi connectivity index (χ3v) is 4.65. The molecule has 0 aliphatic rings. The number of nitrogens with zero attached hydrogens (tertiary/aromatic N) is 1. The highest BCUT2D eigenvalue weighted by atomic mass is 32.1. The predicted molar refractivity (Wildman–Crippen MR) is 91.5 cm³/mol. The molecular formula is C17H22N2O4S. The van der Waals surface area contributed by atoms with Crippen molar-refractivity contribution in [3.63, 3.8) is 0 Å². The largest absolute Gasteiger partial charge is 0.465 e. The van der Waals surface area contributed by atoms with Crippen LogP contribution in [0.15, 0.2) is 5.38 Å². The van der Waals surface area contributed by atoms with E-state index in [0.717, 1.165) is 23.5 Å². The van der Waals surface area contributed by atoms with Crippen LogP contribution in [0.3, 0.4) is 0 Å². The molecule has 24 heavy (non-hydrogen) atoms. The van der Waals surface area contributed by atoms with Gasteiger partial charge in [-0.25, -0.2) is 14.6 Å². The van der Waals surface area contributed by atoms with Crippen LogP contribution in [-0.2, 0) is 28.9 Å². The summed E-state index contributed by atoms with van der Waals surface area (Å²) in [5.41, 5.74) is 2.66. The summed E-state index contributed by atoms with van der Waals surface area (Å²) in [5, 5.41) is 2.94. The lowest BCUT2D eigenvalue weighted by Gasteiger charge is -2.03. The molecule has 130 valence electrons. The van der Waals surface area contributed by atoms with Crippen molar-refractivity contribution in [2.75, 3.05) is 7.11 Å². The summed E-state index contributed by atoms with van der Waals surface area (Å²) in [6.07, 6.45) is 2.55. The molecule has 0 spiro atoms. The molecule has 2 aromatic rings. The van der Waals surface area contributed by atoms with E-state index in [0.29, 0.717) is 23.2 Å². The van der Waals surface area contributed by atoms with Crippen molar-refractivity contribution in [1.29, 1.82) is 0 Å². The molecule has 0 radical (unpaired) electrons. The van der Waals surface area contributed by atoms with E-state index in [1.165, 1.54) is 7.11 Å². The number of methoxy groups -OCH3 is 1. The zero-order valence-corrected chi connectivity index (χ0v) is 15.2. The van der Waals surface area contributed by atoms with Crippen LogP contribution >= 0.6 is 11.3 Å². The summed E-state index contributed by atoms with van der Waals surface area (Å²) in [6, 6.07) is 0. The summed E-state index contributed by atoms with van der Waals surface area (Å²) in [4.78, 5) is 31.6. The van der Waals surface area contributed by atoms with E-state index in [-0.39, 0.29) is 12.3 Å². The van der Waals surface area contributed by atoms with Crippen molar-refractivity contribution >= 4 is 23.3 Å². The molecule has 0 saturated heterocycles. The number of aromatic nitrogens is 2. The molecule has 2 rings (SSSR count). The van der Waals surface area contributed by atoms with Crippen LogP contribution in [0.4, 0.5) is 0 Å². The van der Waals surface area contributed by atoms with Crippen molar-refractivity contribution in [2.45, 2.75) is 46.6 Å². The number of ether oxygens (including phenoxy) is 2. The number of hydrogen-bond donors (Lipinski definition) is 1. The lowest BCUT2D eigenvalue weighted by atomic mass is 10.1. The Morgan fingerprint density at radius 2 is 2.04 bits per heavy atom. The van der Waals surface area contributed by atoms with Gasteiger partial charge in [-0.3, -0.25) is 0 Å². The molecule has 0 unspecified atom stereocenters. The number of aromatic amines is 1. The summed E-state index contributed by atoms with van der Waals surface area (Å²) in [6.45, 7) is 5.82. The molecule has 0 aromatic carbocycles. The summed E-state index contributed by atoms with van der Waals surface area (Å²) in [5.74, 6) is -0.953. The summed E-state index contributed by atoms with van der Waals surface area (Å²) in [7, 11) is 1.32. The molecule has 0 atom stereocenters. The van der Waals surface area contributed by atoms with Crippen LogP contribution in [0, 0.1) is 6.92 Å². The van der Waals surface area contributed by atoms with Crippen LogP contribution in [0.2, 0.25) is 0 Å². The van der Waals surface area contributed by atoms with Crippen LogP contribution in [-0.4, -0.2) is 29.0 Å². The highest BCUT2D eigenvalue weighted by Gasteiger charge is 2.24. The van der Waals surface area contributed by atoms with Crippen LogP contribution in [0.1, 0.15) is 63.1 Å². The van der Waals surface area contributed by atoms with Gasteiger partial charge in [0, 0.05) is 11.1 Å². The minimum absolute atomic E-state index is 0.118. The standard InChI is InChI=1S/C17H22N2O4S/c1-5-7-13-18-11(9-24-13)8-23-17(21)15-10(3)14(16(20)22-4)12(6-2)19-15/h9,19H,5-8H2,1-4H3. The van der Waals surface area contributed by atoms with E-state index in [1.54, 1.807) is 18.3 Å². The second-order valence-electron chi connectivity index (χ2n) is 5.38. The fraction of sp³-hybridized carbons (Fsp3) is 0.471. The maximum Gasteiger partial charge on any atom is 0.355 e. The highest BCUT2D eigenvalue weighted by molar-refractivity contribution is 7.09. The van der Waals surface area contributed by atoms with E-state index in [9.17, 15) is 9.59 Å². The molecule has 0 amide bonds. The predicted octanol–water partition coefficient (Wildman–Crippen LogP) is 3.44. The number of rotatable bonds is 7. The van der Waals surface area contributed by atoms with Crippen molar-refractivity contribution in [2.24, 2.45) is 0 Å². The van der Waals surface area contributed by atoms with Crippen molar-refractivity contribution in [3.05, 3.63) is 38.6 Å². The Morgan fingerprint density at radius 1 is 1.29 bits per heavy atom. The molecule has 0 bridgehead atoms. The Kier molecular flexibility index (Phi) is 6.14. The average molecular weight is 350 g/mol. The number of carbonyl (C=O) groups excluding carboxylic acids is 2. The zero-order valence-electron chi connectivity index (χ0n) is 14.4. The van der Waals surface area contributed by atoms with Gasteiger partial charge in [-0.1, -0.05) is 13.8 Å². The van der Waals surface area contributed by atoms with Crippen molar-refractivity contribution < 1.29 is 19.1 Å². The van der Waals surface area contributed by atoms with Gasteiger partial charge in [-0.05, 0) is 31.7 Å². The topological polar surface area (TPSA) is 81.3 Å². The van der Waals surface area contributed by atoms with E-state index in [4.69, 9.17) is 9.47 Å². The Bertz CT molecular complexity index is 733. The van der Waals surface area contributed by atoms with Gasteiger partial charge in [0.2, 0.25) is 0 Å². The SMILES string of the molecule is CCCc1nc(COC(=O)c2[nH]c(CC)c(C(=O)OC)c2C)cs1. The lowest BCUT2D eigenvalue weighted by molar-refractivity contribution is 0.0461. The number of thiazole rings is 1. The highest BCUT2D eigenvalue weighted by Crippen LogP contribution is 2.21. The first-order chi connectivity index (χ1) is 11.5. The quantitative estimate of drug-likeness (QED) is 0.774. The fourth-order valence-electron chi connectivity index (χ4n) is 2.46. The van der Waals surface area contributed by atoms with E-state index in [1.807, 2.05) is 12.3 Å². The number of H-pyrrole nitrogens is 1. The fourth-order valence-corrected chi connectivity index (χ4v) is 3.35. The molecular weight excluding hydrogens is 328 g/mol. The third kappa shape index (κ3) is 3.84. The number of carbonyl (C=O) groups is 2. The average Bonchev–Trinajstić information content (AvgIpc) is 3.16. The van der Waals surface area contributed by atoms with E-state index in [2.05, 4.69) is 16.9 Å². The molecule has 0 fully saturated rings. The third-order valence-electron chi connectivity index (χ3n) is 3.69. The van der Waals surface area contributed by atoms with Crippen LogP contribution < -0.4 is 0 Å². The molecule has 0 saturated carbocycles. The van der Waals surface area contributed by atoms with Gasteiger partial charge in [0.15, 0.2) is 0 Å². The lowest BCUT2D eigenvalue weighted by Crippen LogP contribution is -2.08. The Morgan fingerprint density at radius 3 is 2.67 bits per heavy atom. The molecule has 2 aromatic heterocycles. The first-order valence-corrected chi connectivity index (χ1v) is 8.79. The molecule has 6 nitrogen and oxygen atoms in total. The molecule has 0 aliphatic carbocycles. The van der Waals surface area contributed by atoms with Crippen LogP contribution in [0.5, 0.6) is 0 Å². The number of esters is 2. The summed E-state index contributed by atoms with van der Waals surface area (Å²) >= 11 is 1.57. The first kappa shape index (κ1) is 18.2. The van der Waals surface area contributed by atoms with Crippen molar-refractivity contribution in [3.8, 4) is 0 Å². The van der Waals surface area contributed by atoms with Crippen molar-refractivity contribution in [1.82, 2.24) is 9.97 Å². The Labute approximate surface area is 145 Å². The number of hydrogen-bond acceptors (Lipinski definition) is 6. The summed E-state index contributed by atoms with van der Waals surface area (Å²) < 4.78 is 10.1. The van der Waals surface area contributed by atoms with Gasteiger partial charge in [-0.2, -0.15) is 0 Å². The van der Waals surface area contributed by atoms with Gasteiger partial charge in [-0.15, -0.1) is 11.3 Å². The molecule has 7 heteroatoms. The Hall–Kier alpha value is -2.15. The van der Waals surface area contributed by atoms with Crippen LogP contribution in [0.25, 0.3) is 0 Å².